The SMILES string of the molecule is O=C(O)CCCC(=O)Nc1nnc(C2CC2)o1. The van der Waals surface area contributed by atoms with Crippen LogP contribution < -0.4 is 5.32 Å². The lowest BCUT2D eigenvalue weighted by Crippen LogP contribution is -2.12. The van der Waals surface area contributed by atoms with E-state index in [0.717, 1.165) is 12.8 Å². The molecule has 1 aromatic heterocycles. The number of nitrogens with zero attached hydrogens (tertiary/aromatic N) is 2. The molecule has 1 aliphatic carbocycles. The Bertz CT molecular complexity index is 425. The highest BCUT2D eigenvalue weighted by Gasteiger charge is 2.29. The highest BCUT2D eigenvalue weighted by Crippen LogP contribution is 2.39. The van der Waals surface area contributed by atoms with Crippen LogP contribution in [0.1, 0.15) is 43.9 Å². The van der Waals surface area contributed by atoms with Gasteiger partial charge in [-0.15, -0.1) is 5.10 Å². The molecular weight excluding hydrogens is 226 g/mol. The van der Waals surface area contributed by atoms with Gasteiger partial charge in [0.15, 0.2) is 0 Å². The fraction of sp³-hybridized carbons (Fsp3) is 0.600. The average Bonchev–Trinajstić information content (AvgIpc) is 3.00. The first-order chi connectivity index (χ1) is 8.15. The van der Waals surface area contributed by atoms with Crippen molar-refractivity contribution in [3.8, 4) is 0 Å². The van der Waals surface area contributed by atoms with Crippen LogP contribution in [-0.2, 0) is 9.59 Å². The maximum absolute atomic E-state index is 11.4. The zero-order valence-electron chi connectivity index (χ0n) is 9.18. The molecule has 0 saturated heterocycles. The Balaban J connectivity index is 1.74. The number of hydrogen-bond acceptors (Lipinski definition) is 5. The van der Waals surface area contributed by atoms with Crippen molar-refractivity contribution in [3.63, 3.8) is 0 Å². The number of carbonyl (C=O) groups is 2. The summed E-state index contributed by atoms with van der Waals surface area (Å²) < 4.78 is 5.24. The van der Waals surface area contributed by atoms with Crippen LogP contribution in [-0.4, -0.2) is 27.2 Å². The number of carboxylic acid groups (broad SMARTS) is 1. The maximum atomic E-state index is 11.4. The second-order valence-corrected chi connectivity index (χ2v) is 4.02. The molecule has 0 spiro atoms. The first-order valence-corrected chi connectivity index (χ1v) is 5.50. The summed E-state index contributed by atoms with van der Waals surface area (Å²) in [6.07, 6.45) is 2.51. The number of aliphatic carboxylic acids is 1. The Hall–Kier alpha value is -1.92. The first kappa shape index (κ1) is 11.6. The van der Waals surface area contributed by atoms with Crippen LogP contribution in [0, 0.1) is 0 Å². The van der Waals surface area contributed by atoms with E-state index in [4.69, 9.17) is 9.52 Å². The molecule has 1 heterocycles. The Morgan fingerprint density at radius 2 is 2.12 bits per heavy atom. The van der Waals surface area contributed by atoms with Gasteiger partial charge in [0.1, 0.15) is 0 Å². The molecule has 1 saturated carbocycles. The molecule has 92 valence electrons. The largest absolute Gasteiger partial charge is 0.481 e. The summed E-state index contributed by atoms with van der Waals surface area (Å²) >= 11 is 0. The molecule has 2 rings (SSSR count). The van der Waals surface area contributed by atoms with Gasteiger partial charge in [-0.3, -0.25) is 14.9 Å². The van der Waals surface area contributed by atoms with Crippen LogP contribution in [0.2, 0.25) is 0 Å². The van der Waals surface area contributed by atoms with Gasteiger partial charge in [-0.2, -0.15) is 0 Å². The quantitative estimate of drug-likeness (QED) is 0.771. The predicted molar refractivity (Wildman–Crippen MR) is 56.4 cm³/mol. The number of anilines is 1. The smallest absolute Gasteiger partial charge is 0.322 e. The molecule has 0 aromatic carbocycles. The first-order valence-electron chi connectivity index (χ1n) is 5.50. The topological polar surface area (TPSA) is 105 Å². The van der Waals surface area contributed by atoms with E-state index in [1.807, 2.05) is 0 Å². The van der Waals surface area contributed by atoms with Gasteiger partial charge in [-0.1, -0.05) is 5.10 Å². The van der Waals surface area contributed by atoms with Crippen LogP contribution in [0.25, 0.3) is 0 Å². The van der Waals surface area contributed by atoms with Gasteiger partial charge in [0.2, 0.25) is 11.8 Å². The molecule has 0 aliphatic heterocycles. The van der Waals surface area contributed by atoms with E-state index in [-0.39, 0.29) is 24.8 Å². The lowest BCUT2D eigenvalue weighted by atomic mass is 10.2. The molecular formula is C10H13N3O4. The van der Waals surface area contributed by atoms with Gasteiger partial charge in [0, 0.05) is 18.8 Å². The maximum Gasteiger partial charge on any atom is 0.322 e. The third kappa shape index (κ3) is 3.54. The van der Waals surface area contributed by atoms with Gasteiger partial charge in [0.25, 0.3) is 0 Å². The van der Waals surface area contributed by atoms with Crippen molar-refractivity contribution in [1.29, 1.82) is 0 Å². The third-order valence-electron chi connectivity index (χ3n) is 2.41. The lowest BCUT2D eigenvalue weighted by Gasteiger charge is -1.98. The van der Waals surface area contributed by atoms with E-state index in [1.54, 1.807) is 0 Å². The molecule has 1 aromatic rings. The standard InChI is InChI=1S/C10H13N3O4/c14-7(2-1-3-8(15)16)11-10-13-12-9(17-10)6-4-5-6/h6H,1-5H2,(H,15,16)(H,11,13,14). The number of amides is 1. The van der Waals surface area contributed by atoms with Crippen molar-refractivity contribution >= 4 is 17.9 Å². The number of hydrogen-bond donors (Lipinski definition) is 2. The summed E-state index contributed by atoms with van der Waals surface area (Å²) in [5.41, 5.74) is 0. The number of carbonyl (C=O) groups excluding carboxylic acids is 1. The molecule has 0 unspecified atom stereocenters. The van der Waals surface area contributed by atoms with Gasteiger partial charge >= 0.3 is 12.0 Å². The second-order valence-electron chi connectivity index (χ2n) is 4.02. The molecule has 0 atom stereocenters. The minimum absolute atomic E-state index is 0.0232. The summed E-state index contributed by atoms with van der Waals surface area (Å²) in [5, 5.41) is 18.4. The molecule has 1 amide bonds. The van der Waals surface area contributed by atoms with Crippen LogP contribution in [0.3, 0.4) is 0 Å². The molecule has 7 nitrogen and oxygen atoms in total. The lowest BCUT2D eigenvalue weighted by molar-refractivity contribution is -0.137. The van der Waals surface area contributed by atoms with Gasteiger partial charge in [-0.05, 0) is 19.3 Å². The summed E-state index contributed by atoms with van der Waals surface area (Å²) in [4.78, 5) is 21.6. The molecule has 2 N–H and O–H groups in total. The van der Waals surface area contributed by atoms with E-state index in [9.17, 15) is 9.59 Å². The molecule has 1 aliphatic rings. The minimum atomic E-state index is -0.911. The van der Waals surface area contributed by atoms with E-state index >= 15 is 0 Å². The van der Waals surface area contributed by atoms with Crippen LogP contribution in [0.4, 0.5) is 6.01 Å². The van der Waals surface area contributed by atoms with Crippen LogP contribution >= 0.6 is 0 Å². The van der Waals surface area contributed by atoms with Gasteiger partial charge < -0.3 is 9.52 Å². The monoisotopic (exact) mass is 239 g/mol. The van der Waals surface area contributed by atoms with E-state index < -0.39 is 5.97 Å². The fourth-order valence-corrected chi connectivity index (χ4v) is 1.36. The molecule has 1 fully saturated rings. The Kier molecular flexibility index (Phi) is 3.36. The zero-order valence-corrected chi connectivity index (χ0v) is 9.18. The number of rotatable bonds is 6. The summed E-state index contributed by atoms with van der Waals surface area (Å²) in [6.45, 7) is 0. The van der Waals surface area contributed by atoms with Crippen LogP contribution in [0.5, 0.6) is 0 Å². The second kappa shape index (κ2) is 4.94. The van der Waals surface area contributed by atoms with Crippen molar-refractivity contribution in [2.24, 2.45) is 0 Å². The normalized spacial score (nSPS) is 14.6. The molecule has 0 radical (unpaired) electrons. The molecule has 17 heavy (non-hydrogen) atoms. The van der Waals surface area contributed by atoms with Crippen molar-refractivity contribution in [1.82, 2.24) is 10.2 Å². The Morgan fingerprint density at radius 3 is 2.76 bits per heavy atom. The summed E-state index contributed by atoms with van der Waals surface area (Å²) in [5.74, 6) is -0.310. The van der Waals surface area contributed by atoms with Crippen LogP contribution in [0.15, 0.2) is 4.42 Å². The van der Waals surface area contributed by atoms with E-state index in [1.165, 1.54) is 0 Å². The predicted octanol–water partition coefficient (Wildman–Crippen LogP) is 1.14. The Labute approximate surface area is 97.2 Å². The average molecular weight is 239 g/mol. The number of carboxylic acids is 1. The summed E-state index contributed by atoms with van der Waals surface area (Å²) in [7, 11) is 0. The minimum Gasteiger partial charge on any atom is -0.481 e. The fourth-order valence-electron chi connectivity index (χ4n) is 1.36. The molecule has 7 heteroatoms. The number of nitrogens with one attached hydrogen (secondary N) is 1. The van der Waals surface area contributed by atoms with E-state index in [0.29, 0.717) is 18.2 Å². The van der Waals surface area contributed by atoms with Gasteiger partial charge in [-0.25, -0.2) is 0 Å². The van der Waals surface area contributed by atoms with Crippen molar-refractivity contribution < 1.29 is 19.1 Å². The summed E-state index contributed by atoms with van der Waals surface area (Å²) in [6, 6.07) is 0.0900. The molecule has 0 bridgehead atoms. The highest BCUT2D eigenvalue weighted by atomic mass is 16.4. The van der Waals surface area contributed by atoms with Crippen molar-refractivity contribution in [2.75, 3.05) is 5.32 Å². The Morgan fingerprint density at radius 1 is 1.35 bits per heavy atom. The van der Waals surface area contributed by atoms with Crippen molar-refractivity contribution in [3.05, 3.63) is 5.89 Å². The zero-order chi connectivity index (χ0) is 12.3. The third-order valence-corrected chi connectivity index (χ3v) is 2.41. The highest BCUT2D eigenvalue weighted by molar-refractivity contribution is 5.88. The van der Waals surface area contributed by atoms with Crippen molar-refractivity contribution in [2.45, 2.75) is 38.0 Å². The van der Waals surface area contributed by atoms with E-state index in [2.05, 4.69) is 15.5 Å². The number of aromatic nitrogens is 2. The van der Waals surface area contributed by atoms with Gasteiger partial charge in [0.05, 0.1) is 0 Å².